The summed E-state index contributed by atoms with van der Waals surface area (Å²) in [5.74, 6) is 0. The minimum atomic E-state index is 0.493. The molecule has 0 unspecified atom stereocenters. The molecule has 0 heterocycles. The van der Waals surface area contributed by atoms with Crippen molar-refractivity contribution in [3.05, 3.63) is 88.5 Å². The standard InChI is InChI=1S/C22H25N/c1-15(2)21(23)13-18(5)22-17(4)7-6-8-20(22)14-19-11-9-16(3)10-12-19/h6-13,23H,1,14H2,2-5H3/b18-13+,23-21?. The smallest absolute Gasteiger partial charge is 0.0565 e. The molecule has 0 aliphatic carbocycles. The molecule has 2 aromatic carbocycles. The first kappa shape index (κ1) is 17.0. The van der Waals surface area contributed by atoms with Crippen molar-refractivity contribution in [3.63, 3.8) is 0 Å². The Morgan fingerprint density at radius 3 is 2.30 bits per heavy atom. The number of allylic oxidation sites excluding steroid dienone is 3. The average Bonchev–Trinajstić information content (AvgIpc) is 2.49. The Kier molecular flexibility index (Phi) is 5.33. The van der Waals surface area contributed by atoms with Gasteiger partial charge in [-0.2, -0.15) is 0 Å². The van der Waals surface area contributed by atoms with Crippen LogP contribution < -0.4 is 0 Å². The number of benzene rings is 2. The molecular formula is C22H25N. The van der Waals surface area contributed by atoms with Gasteiger partial charge in [-0.3, -0.25) is 0 Å². The van der Waals surface area contributed by atoms with Gasteiger partial charge in [0.15, 0.2) is 0 Å². The van der Waals surface area contributed by atoms with Crippen molar-refractivity contribution in [2.75, 3.05) is 0 Å². The zero-order chi connectivity index (χ0) is 17.0. The summed E-state index contributed by atoms with van der Waals surface area (Å²) >= 11 is 0. The maximum Gasteiger partial charge on any atom is 0.0565 e. The quantitative estimate of drug-likeness (QED) is 0.666. The Hall–Kier alpha value is -2.41. The van der Waals surface area contributed by atoms with E-state index < -0.39 is 0 Å². The van der Waals surface area contributed by atoms with Crippen molar-refractivity contribution < 1.29 is 0 Å². The first-order valence-electron chi connectivity index (χ1n) is 7.95. The van der Waals surface area contributed by atoms with Crippen molar-refractivity contribution in [3.8, 4) is 0 Å². The Labute approximate surface area is 139 Å². The van der Waals surface area contributed by atoms with Crippen LogP contribution >= 0.6 is 0 Å². The van der Waals surface area contributed by atoms with E-state index in [1.165, 1.54) is 27.8 Å². The molecular weight excluding hydrogens is 278 g/mol. The predicted molar refractivity (Wildman–Crippen MR) is 101 cm³/mol. The van der Waals surface area contributed by atoms with Crippen molar-refractivity contribution in [2.24, 2.45) is 0 Å². The maximum atomic E-state index is 8.03. The number of aryl methyl sites for hydroxylation is 2. The third-order valence-corrected chi connectivity index (χ3v) is 4.09. The van der Waals surface area contributed by atoms with E-state index in [1.807, 2.05) is 13.0 Å². The molecule has 0 aliphatic heterocycles. The van der Waals surface area contributed by atoms with E-state index >= 15 is 0 Å². The number of rotatable bonds is 5. The Morgan fingerprint density at radius 2 is 1.70 bits per heavy atom. The second-order valence-corrected chi connectivity index (χ2v) is 6.29. The molecule has 0 aromatic heterocycles. The molecule has 1 nitrogen and oxygen atoms in total. The van der Waals surface area contributed by atoms with E-state index in [4.69, 9.17) is 5.41 Å². The molecule has 0 amide bonds. The Balaban J connectivity index is 2.42. The van der Waals surface area contributed by atoms with Crippen LogP contribution in [0.15, 0.2) is 60.7 Å². The Morgan fingerprint density at radius 1 is 1.04 bits per heavy atom. The van der Waals surface area contributed by atoms with Gasteiger partial charge in [-0.25, -0.2) is 0 Å². The normalized spacial score (nSPS) is 11.4. The summed E-state index contributed by atoms with van der Waals surface area (Å²) in [6.07, 6.45) is 2.83. The van der Waals surface area contributed by atoms with Gasteiger partial charge < -0.3 is 5.41 Å². The first-order chi connectivity index (χ1) is 10.9. The van der Waals surface area contributed by atoms with E-state index in [-0.39, 0.29) is 0 Å². The fraction of sp³-hybridized carbons (Fsp3) is 0.227. The summed E-state index contributed by atoms with van der Waals surface area (Å²) in [7, 11) is 0. The highest BCUT2D eigenvalue weighted by molar-refractivity contribution is 6.09. The second kappa shape index (κ2) is 7.23. The fourth-order valence-electron chi connectivity index (χ4n) is 2.78. The van der Waals surface area contributed by atoms with Gasteiger partial charge >= 0.3 is 0 Å². The monoisotopic (exact) mass is 303 g/mol. The van der Waals surface area contributed by atoms with E-state index in [9.17, 15) is 0 Å². The fourth-order valence-corrected chi connectivity index (χ4v) is 2.78. The Bertz CT molecular complexity index is 761. The predicted octanol–water partition coefficient (Wildman–Crippen LogP) is 5.89. The molecule has 2 aromatic rings. The summed E-state index contributed by atoms with van der Waals surface area (Å²) in [4.78, 5) is 0. The van der Waals surface area contributed by atoms with Gasteiger partial charge in [0.1, 0.15) is 0 Å². The summed E-state index contributed by atoms with van der Waals surface area (Å²) in [5, 5.41) is 8.03. The summed E-state index contributed by atoms with van der Waals surface area (Å²) in [6, 6.07) is 15.1. The molecule has 0 spiro atoms. The number of nitrogens with one attached hydrogen (secondary N) is 1. The molecule has 0 radical (unpaired) electrons. The van der Waals surface area contributed by atoms with E-state index in [2.05, 4.69) is 69.8 Å². The minimum absolute atomic E-state index is 0.493. The minimum Gasteiger partial charge on any atom is -0.301 e. The third kappa shape index (κ3) is 4.29. The number of hydrogen-bond donors (Lipinski definition) is 1. The molecule has 0 fully saturated rings. The van der Waals surface area contributed by atoms with Crippen molar-refractivity contribution in [1.29, 1.82) is 5.41 Å². The van der Waals surface area contributed by atoms with Gasteiger partial charge in [-0.05, 0) is 73.6 Å². The van der Waals surface area contributed by atoms with Crippen LogP contribution in [0.25, 0.3) is 5.57 Å². The lowest BCUT2D eigenvalue weighted by Gasteiger charge is -2.14. The second-order valence-electron chi connectivity index (χ2n) is 6.29. The number of hydrogen-bond acceptors (Lipinski definition) is 1. The van der Waals surface area contributed by atoms with Gasteiger partial charge in [0.05, 0.1) is 5.71 Å². The lowest BCUT2D eigenvalue weighted by molar-refractivity contribution is 1.16. The molecule has 1 heteroatoms. The van der Waals surface area contributed by atoms with Crippen LogP contribution in [0.4, 0.5) is 0 Å². The molecule has 23 heavy (non-hydrogen) atoms. The average molecular weight is 303 g/mol. The van der Waals surface area contributed by atoms with Crippen LogP contribution in [0, 0.1) is 19.3 Å². The van der Waals surface area contributed by atoms with Gasteiger partial charge in [0.2, 0.25) is 0 Å². The van der Waals surface area contributed by atoms with Gasteiger partial charge in [-0.15, -0.1) is 0 Å². The molecule has 0 saturated carbocycles. The maximum absolute atomic E-state index is 8.03. The van der Waals surface area contributed by atoms with Crippen LogP contribution in [0.5, 0.6) is 0 Å². The zero-order valence-corrected chi connectivity index (χ0v) is 14.5. The molecule has 0 atom stereocenters. The van der Waals surface area contributed by atoms with Gasteiger partial charge in [0.25, 0.3) is 0 Å². The molecule has 0 bridgehead atoms. The summed E-state index contributed by atoms with van der Waals surface area (Å²) < 4.78 is 0. The van der Waals surface area contributed by atoms with Crippen molar-refractivity contribution in [2.45, 2.75) is 34.1 Å². The summed E-state index contributed by atoms with van der Waals surface area (Å²) in [6.45, 7) is 12.1. The lowest BCUT2D eigenvalue weighted by atomic mass is 9.91. The highest BCUT2D eigenvalue weighted by atomic mass is 14.4. The van der Waals surface area contributed by atoms with E-state index in [0.717, 1.165) is 17.6 Å². The molecule has 1 N–H and O–H groups in total. The van der Waals surface area contributed by atoms with Crippen LogP contribution in [0.3, 0.4) is 0 Å². The summed E-state index contributed by atoms with van der Waals surface area (Å²) in [5.41, 5.74) is 8.80. The highest BCUT2D eigenvalue weighted by Gasteiger charge is 2.09. The van der Waals surface area contributed by atoms with Crippen LogP contribution in [-0.2, 0) is 6.42 Å². The van der Waals surface area contributed by atoms with Crippen molar-refractivity contribution >= 4 is 11.3 Å². The van der Waals surface area contributed by atoms with Crippen molar-refractivity contribution in [1.82, 2.24) is 0 Å². The SMILES string of the molecule is C=C(C)C(=N)/C=C(\C)c1c(C)cccc1Cc1ccc(C)cc1. The van der Waals surface area contributed by atoms with Crippen LogP contribution in [-0.4, -0.2) is 5.71 Å². The molecule has 118 valence electrons. The third-order valence-electron chi connectivity index (χ3n) is 4.09. The molecule has 2 rings (SSSR count). The zero-order valence-electron chi connectivity index (χ0n) is 14.5. The largest absolute Gasteiger partial charge is 0.301 e. The van der Waals surface area contributed by atoms with Gasteiger partial charge in [-0.1, -0.05) is 54.6 Å². The van der Waals surface area contributed by atoms with Gasteiger partial charge in [0, 0.05) is 0 Å². The first-order valence-corrected chi connectivity index (χ1v) is 7.95. The molecule has 0 aliphatic rings. The van der Waals surface area contributed by atoms with E-state index in [1.54, 1.807) is 0 Å². The highest BCUT2D eigenvalue weighted by Crippen LogP contribution is 2.26. The van der Waals surface area contributed by atoms with E-state index in [0.29, 0.717) is 5.71 Å². The lowest BCUT2D eigenvalue weighted by Crippen LogP contribution is -2.00. The van der Waals surface area contributed by atoms with Crippen LogP contribution in [0.1, 0.15) is 41.7 Å². The van der Waals surface area contributed by atoms with Crippen LogP contribution in [0.2, 0.25) is 0 Å². The molecule has 0 saturated heterocycles. The topological polar surface area (TPSA) is 23.9 Å².